The molecular formula is C23H27N3O3. The predicted molar refractivity (Wildman–Crippen MR) is 113 cm³/mol. The van der Waals surface area contributed by atoms with Gasteiger partial charge >= 0.3 is 0 Å². The number of carbonyl (C=O) groups is 3. The summed E-state index contributed by atoms with van der Waals surface area (Å²) in [6, 6.07) is 14.7. The maximum absolute atomic E-state index is 12.3. The quantitative estimate of drug-likeness (QED) is 0.662. The van der Waals surface area contributed by atoms with Crippen molar-refractivity contribution in [3.05, 3.63) is 65.2 Å². The fraction of sp³-hybridized carbons (Fsp3) is 0.348. The van der Waals surface area contributed by atoms with Crippen molar-refractivity contribution in [1.82, 2.24) is 9.80 Å². The van der Waals surface area contributed by atoms with Gasteiger partial charge in [-0.1, -0.05) is 38.1 Å². The van der Waals surface area contributed by atoms with Crippen LogP contribution >= 0.6 is 0 Å². The molecule has 1 aliphatic heterocycles. The number of nitrogens with zero attached hydrogens (tertiary/aromatic N) is 2. The van der Waals surface area contributed by atoms with Crippen molar-refractivity contribution >= 4 is 23.4 Å². The monoisotopic (exact) mass is 393 g/mol. The molecule has 1 aliphatic rings. The summed E-state index contributed by atoms with van der Waals surface area (Å²) in [6.45, 7) is 7.29. The third-order valence-corrected chi connectivity index (χ3v) is 5.18. The zero-order valence-corrected chi connectivity index (χ0v) is 17.0. The Morgan fingerprint density at radius 1 is 0.966 bits per heavy atom. The van der Waals surface area contributed by atoms with E-state index < -0.39 is 0 Å². The van der Waals surface area contributed by atoms with Gasteiger partial charge in [-0.05, 0) is 49.3 Å². The lowest BCUT2D eigenvalue weighted by Gasteiger charge is -2.18. The number of hydrogen-bond donors (Lipinski definition) is 1. The Hall–Kier alpha value is -2.99. The SMILES string of the molecule is CCN(CC)Cc1cccc(NC(=O)CCCN2C(=O)c3ccccc3C2=O)c1. The minimum atomic E-state index is -0.282. The molecule has 0 aromatic heterocycles. The van der Waals surface area contributed by atoms with E-state index in [2.05, 4.69) is 30.1 Å². The Bertz CT molecular complexity index is 871. The summed E-state index contributed by atoms with van der Waals surface area (Å²) in [5.41, 5.74) is 2.79. The van der Waals surface area contributed by atoms with Crippen LogP contribution in [0, 0.1) is 0 Å². The van der Waals surface area contributed by atoms with Crippen LogP contribution in [0.2, 0.25) is 0 Å². The summed E-state index contributed by atoms with van der Waals surface area (Å²) in [7, 11) is 0. The molecule has 29 heavy (non-hydrogen) atoms. The standard InChI is InChI=1S/C23H27N3O3/c1-3-25(4-2)16-17-9-7-10-18(15-17)24-21(27)13-8-14-26-22(28)19-11-5-6-12-20(19)23(26)29/h5-7,9-12,15H,3-4,8,13-14,16H2,1-2H3,(H,24,27). The van der Waals surface area contributed by atoms with E-state index in [0.29, 0.717) is 17.5 Å². The lowest BCUT2D eigenvalue weighted by molar-refractivity contribution is -0.116. The average molecular weight is 393 g/mol. The zero-order valence-electron chi connectivity index (χ0n) is 17.0. The van der Waals surface area contributed by atoms with E-state index in [1.165, 1.54) is 4.90 Å². The molecule has 0 saturated heterocycles. The molecule has 6 heteroatoms. The Kier molecular flexibility index (Phi) is 6.77. The summed E-state index contributed by atoms with van der Waals surface area (Å²) in [4.78, 5) is 40.5. The van der Waals surface area contributed by atoms with Crippen LogP contribution in [0.1, 0.15) is 53.0 Å². The number of anilines is 1. The van der Waals surface area contributed by atoms with Gasteiger partial charge in [0.15, 0.2) is 0 Å². The smallest absolute Gasteiger partial charge is 0.261 e. The molecule has 0 atom stereocenters. The fourth-order valence-corrected chi connectivity index (χ4v) is 3.52. The van der Waals surface area contributed by atoms with Crippen molar-refractivity contribution < 1.29 is 14.4 Å². The van der Waals surface area contributed by atoms with Gasteiger partial charge in [-0.25, -0.2) is 0 Å². The highest BCUT2D eigenvalue weighted by atomic mass is 16.2. The Morgan fingerprint density at radius 3 is 2.24 bits per heavy atom. The van der Waals surface area contributed by atoms with Crippen LogP contribution in [0.15, 0.2) is 48.5 Å². The number of rotatable bonds is 9. The molecule has 0 unspecified atom stereocenters. The number of hydrogen-bond acceptors (Lipinski definition) is 4. The first-order chi connectivity index (χ1) is 14.0. The lowest BCUT2D eigenvalue weighted by Crippen LogP contribution is -2.31. The normalized spacial score (nSPS) is 13.1. The maximum Gasteiger partial charge on any atom is 0.261 e. The Labute approximate surface area is 171 Å². The highest BCUT2D eigenvalue weighted by Crippen LogP contribution is 2.22. The topological polar surface area (TPSA) is 69.7 Å². The van der Waals surface area contributed by atoms with Gasteiger partial charge in [-0.2, -0.15) is 0 Å². The van der Waals surface area contributed by atoms with Gasteiger partial charge in [0, 0.05) is 25.2 Å². The van der Waals surface area contributed by atoms with Crippen LogP contribution in [0.3, 0.4) is 0 Å². The van der Waals surface area contributed by atoms with Crippen molar-refractivity contribution in [3.8, 4) is 0 Å². The highest BCUT2D eigenvalue weighted by molar-refractivity contribution is 6.21. The first-order valence-corrected chi connectivity index (χ1v) is 10.1. The van der Waals surface area contributed by atoms with E-state index in [1.807, 2.05) is 18.2 Å². The largest absolute Gasteiger partial charge is 0.326 e. The zero-order chi connectivity index (χ0) is 20.8. The van der Waals surface area contributed by atoms with Crippen LogP contribution in [-0.4, -0.2) is 47.2 Å². The molecular weight excluding hydrogens is 366 g/mol. The van der Waals surface area contributed by atoms with Crippen LogP contribution in [0.5, 0.6) is 0 Å². The van der Waals surface area contributed by atoms with E-state index >= 15 is 0 Å². The summed E-state index contributed by atoms with van der Waals surface area (Å²) < 4.78 is 0. The Morgan fingerprint density at radius 2 is 1.62 bits per heavy atom. The minimum absolute atomic E-state index is 0.124. The van der Waals surface area contributed by atoms with Crippen molar-refractivity contribution in [2.75, 3.05) is 25.0 Å². The predicted octanol–water partition coefficient (Wildman–Crippen LogP) is 3.54. The fourth-order valence-electron chi connectivity index (χ4n) is 3.52. The van der Waals surface area contributed by atoms with Gasteiger partial charge in [0.25, 0.3) is 11.8 Å². The lowest BCUT2D eigenvalue weighted by atomic mass is 10.1. The molecule has 2 aromatic rings. The van der Waals surface area contributed by atoms with Crippen molar-refractivity contribution in [3.63, 3.8) is 0 Å². The molecule has 6 nitrogen and oxygen atoms in total. The first-order valence-electron chi connectivity index (χ1n) is 10.1. The molecule has 0 radical (unpaired) electrons. The molecule has 1 N–H and O–H groups in total. The van der Waals surface area contributed by atoms with E-state index in [1.54, 1.807) is 24.3 Å². The summed E-state index contributed by atoms with van der Waals surface area (Å²) in [5.74, 6) is -0.688. The summed E-state index contributed by atoms with van der Waals surface area (Å²) in [6.07, 6.45) is 0.671. The summed E-state index contributed by atoms with van der Waals surface area (Å²) in [5, 5.41) is 2.91. The highest BCUT2D eigenvalue weighted by Gasteiger charge is 2.34. The number of imide groups is 1. The second-order valence-electron chi connectivity index (χ2n) is 7.12. The van der Waals surface area contributed by atoms with E-state index in [-0.39, 0.29) is 30.7 Å². The first kappa shape index (κ1) is 20.7. The average Bonchev–Trinajstić information content (AvgIpc) is 2.97. The number of fused-ring (bicyclic) bond motifs is 1. The second-order valence-corrected chi connectivity index (χ2v) is 7.12. The molecule has 0 saturated carbocycles. The van der Waals surface area contributed by atoms with E-state index in [9.17, 15) is 14.4 Å². The molecule has 3 amide bonds. The third kappa shape index (κ3) is 4.90. The number of amides is 3. The van der Waals surface area contributed by atoms with Gasteiger partial charge in [-0.3, -0.25) is 24.2 Å². The molecule has 0 fully saturated rings. The molecule has 0 aliphatic carbocycles. The molecule has 152 valence electrons. The van der Waals surface area contributed by atoms with Crippen molar-refractivity contribution in [2.24, 2.45) is 0 Å². The number of benzene rings is 2. The number of carbonyl (C=O) groups excluding carboxylic acids is 3. The van der Waals surface area contributed by atoms with E-state index in [4.69, 9.17) is 0 Å². The molecule has 0 spiro atoms. The molecule has 0 bridgehead atoms. The van der Waals surface area contributed by atoms with Gasteiger partial charge in [0.05, 0.1) is 11.1 Å². The summed E-state index contributed by atoms with van der Waals surface area (Å²) >= 11 is 0. The van der Waals surface area contributed by atoms with Gasteiger partial charge in [-0.15, -0.1) is 0 Å². The third-order valence-electron chi connectivity index (χ3n) is 5.18. The van der Waals surface area contributed by atoms with Crippen molar-refractivity contribution in [2.45, 2.75) is 33.2 Å². The van der Waals surface area contributed by atoms with Gasteiger partial charge in [0.1, 0.15) is 0 Å². The van der Waals surface area contributed by atoms with Crippen molar-refractivity contribution in [1.29, 1.82) is 0 Å². The van der Waals surface area contributed by atoms with E-state index in [0.717, 1.165) is 30.9 Å². The second kappa shape index (κ2) is 9.47. The molecule has 1 heterocycles. The molecule has 3 rings (SSSR count). The molecule has 2 aromatic carbocycles. The van der Waals surface area contributed by atoms with Crippen LogP contribution in [-0.2, 0) is 11.3 Å². The number of nitrogens with one attached hydrogen (secondary N) is 1. The van der Waals surface area contributed by atoms with Crippen LogP contribution < -0.4 is 5.32 Å². The Balaban J connectivity index is 1.50. The minimum Gasteiger partial charge on any atom is -0.326 e. The van der Waals surface area contributed by atoms with Gasteiger partial charge in [0.2, 0.25) is 5.91 Å². The van der Waals surface area contributed by atoms with Crippen LogP contribution in [0.25, 0.3) is 0 Å². The van der Waals surface area contributed by atoms with Gasteiger partial charge < -0.3 is 5.32 Å². The maximum atomic E-state index is 12.3. The van der Waals surface area contributed by atoms with Crippen LogP contribution in [0.4, 0.5) is 5.69 Å².